The number of anilines is 1. The molecule has 0 aliphatic carbocycles. The molecular formula is C15H15FN2O3. The predicted molar refractivity (Wildman–Crippen MR) is 76.3 cm³/mol. The molecule has 21 heavy (non-hydrogen) atoms. The van der Waals surface area contributed by atoms with Crippen LogP contribution < -0.4 is 14.8 Å². The van der Waals surface area contributed by atoms with Crippen molar-refractivity contribution in [1.29, 1.82) is 0 Å². The number of aromatic nitrogens is 1. The number of ether oxygens (including phenoxy) is 2. The molecule has 0 atom stereocenters. The van der Waals surface area contributed by atoms with Crippen LogP contribution in [0.3, 0.4) is 0 Å². The van der Waals surface area contributed by atoms with Crippen molar-refractivity contribution in [2.75, 3.05) is 19.0 Å². The molecule has 110 valence electrons. The largest absolute Gasteiger partial charge is 0.493 e. The molecule has 0 bridgehead atoms. The molecule has 0 aliphatic rings. The van der Waals surface area contributed by atoms with Gasteiger partial charge in [-0.1, -0.05) is 0 Å². The minimum atomic E-state index is -0.673. The van der Waals surface area contributed by atoms with E-state index in [-0.39, 0.29) is 5.56 Å². The summed E-state index contributed by atoms with van der Waals surface area (Å²) < 4.78 is 24.1. The van der Waals surface area contributed by atoms with E-state index in [0.29, 0.717) is 23.8 Å². The number of carbonyl (C=O) groups is 1. The highest BCUT2D eigenvalue weighted by Crippen LogP contribution is 2.30. The minimum Gasteiger partial charge on any atom is -0.493 e. The van der Waals surface area contributed by atoms with Crippen LogP contribution in [-0.4, -0.2) is 24.6 Å². The Balaban J connectivity index is 2.21. The third-order valence-corrected chi connectivity index (χ3v) is 2.74. The van der Waals surface area contributed by atoms with Gasteiger partial charge in [0.05, 0.1) is 25.5 Å². The number of hydrogen-bond donors (Lipinski definition) is 1. The molecule has 0 unspecified atom stereocenters. The van der Waals surface area contributed by atoms with Gasteiger partial charge in [-0.3, -0.25) is 9.78 Å². The molecule has 0 fully saturated rings. The zero-order valence-corrected chi connectivity index (χ0v) is 11.7. The van der Waals surface area contributed by atoms with Gasteiger partial charge in [0, 0.05) is 18.0 Å². The first-order valence-electron chi connectivity index (χ1n) is 6.37. The zero-order valence-electron chi connectivity index (χ0n) is 11.7. The number of amides is 1. The average Bonchev–Trinajstić information content (AvgIpc) is 2.48. The maximum atomic E-state index is 13.5. The number of halogens is 1. The summed E-state index contributed by atoms with van der Waals surface area (Å²) in [5.41, 5.74) is 0.416. The van der Waals surface area contributed by atoms with Crippen molar-refractivity contribution in [3.63, 3.8) is 0 Å². The van der Waals surface area contributed by atoms with Gasteiger partial charge in [0.1, 0.15) is 0 Å². The van der Waals surface area contributed by atoms with Crippen molar-refractivity contribution in [3.8, 4) is 11.5 Å². The second-order valence-electron chi connectivity index (χ2n) is 4.11. The van der Waals surface area contributed by atoms with E-state index in [1.807, 2.05) is 6.92 Å². The van der Waals surface area contributed by atoms with Crippen LogP contribution in [0.25, 0.3) is 0 Å². The molecule has 5 nitrogen and oxygen atoms in total. The van der Waals surface area contributed by atoms with Gasteiger partial charge in [-0.2, -0.15) is 0 Å². The Morgan fingerprint density at radius 2 is 2.14 bits per heavy atom. The molecule has 0 saturated heterocycles. The summed E-state index contributed by atoms with van der Waals surface area (Å²) in [7, 11) is 1.53. The summed E-state index contributed by atoms with van der Waals surface area (Å²) in [5, 5.41) is 2.61. The van der Waals surface area contributed by atoms with Gasteiger partial charge in [-0.25, -0.2) is 4.39 Å². The van der Waals surface area contributed by atoms with Gasteiger partial charge >= 0.3 is 0 Å². The SMILES string of the molecule is CCOc1cc(NC(=O)c2ccncc2F)ccc1OC. The summed E-state index contributed by atoms with van der Waals surface area (Å²) in [5.74, 6) is -0.158. The van der Waals surface area contributed by atoms with Crippen molar-refractivity contribution in [2.45, 2.75) is 6.92 Å². The Hall–Kier alpha value is -2.63. The van der Waals surface area contributed by atoms with Crippen molar-refractivity contribution >= 4 is 11.6 Å². The van der Waals surface area contributed by atoms with Gasteiger partial charge in [-0.15, -0.1) is 0 Å². The lowest BCUT2D eigenvalue weighted by atomic mass is 10.2. The fourth-order valence-electron chi connectivity index (χ4n) is 1.78. The number of pyridine rings is 1. The van der Waals surface area contributed by atoms with Crippen LogP contribution in [-0.2, 0) is 0 Å². The van der Waals surface area contributed by atoms with E-state index in [2.05, 4.69) is 10.3 Å². The van der Waals surface area contributed by atoms with Gasteiger partial charge in [0.2, 0.25) is 0 Å². The first kappa shape index (κ1) is 14.8. The van der Waals surface area contributed by atoms with E-state index in [1.165, 1.54) is 19.4 Å². The van der Waals surface area contributed by atoms with E-state index in [4.69, 9.17) is 9.47 Å². The number of benzene rings is 1. The zero-order chi connectivity index (χ0) is 15.2. The van der Waals surface area contributed by atoms with E-state index in [1.54, 1.807) is 18.2 Å². The fraction of sp³-hybridized carbons (Fsp3) is 0.200. The normalized spacial score (nSPS) is 10.0. The van der Waals surface area contributed by atoms with Crippen LogP contribution in [0, 0.1) is 5.82 Å². The lowest BCUT2D eigenvalue weighted by molar-refractivity contribution is 0.102. The summed E-state index contributed by atoms with van der Waals surface area (Å²) in [6, 6.07) is 6.26. The number of nitrogens with zero attached hydrogens (tertiary/aromatic N) is 1. The molecule has 0 saturated carbocycles. The number of nitrogens with one attached hydrogen (secondary N) is 1. The molecule has 1 aromatic carbocycles. The monoisotopic (exact) mass is 290 g/mol. The van der Waals surface area contributed by atoms with E-state index < -0.39 is 11.7 Å². The number of methoxy groups -OCH3 is 1. The molecular weight excluding hydrogens is 275 g/mol. The van der Waals surface area contributed by atoms with Crippen LogP contribution in [0.1, 0.15) is 17.3 Å². The number of hydrogen-bond acceptors (Lipinski definition) is 4. The molecule has 1 heterocycles. The lowest BCUT2D eigenvalue weighted by Crippen LogP contribution is -2.14. The Morgan fingerprint density at radius 1 is 1.33 bits per heavy atom. The molecule has 1 N–H and O–H groups in total. The van der Waals surface area contributed by atoms with Crippen LogP contribution in [0.2, 0.25) is 0 Å². The molecule has 0 spiro atoms. The van der Waals surface area contributed by atoms with Crippen LogP contribution in [0.15, 0.2) is 36.7 Å². The standard InChI is InChI=1S/C15H15FN2O3/c1-3-21-14-8-10(4-5-13(14)20-2)18-15(19)11-6-7-17-9-12(11)16/h4-9H,3H2,1-2H3,(H,18,19). The van der Waals surface area contributed by atoms with Gasteiger partial charge < -0.3 is 14.8 Å². The third-order valence-electron chi connectivity index (χ3n) is 2.74. The van der Waals surface area contributed by atoms with Gasteiger partial charge in [0.15, 0.2) is 17.3 Å². The highest BCUT2D eigenvalue weighted by atomic mass is 19.1. The van der Waals surface area contributed by atoms with Crippen molar-refractivity contribution in [1.82, 2.24) is 4.98 Å². The van der Waals surface area contributed by atoms with Crippen molar-refractivity contribution in [3.05, 3.63) is 48.0 Å². The highest BCUT2D eigenvalue weighted by Gasteiger charge is 2.13. The number of carbonyl (C=O) groups excluding carboxylic acids is 1. The summed E-state index contributed by atoms with van der Waals surface area (Å²) in [6.45, 7) is 2.31. The summed E-state index contributed by atoms with van der Waals surface area (Å²) in [4.78, 5) is 15.6. The molecule has 6 heteroatoms. The summed E-state index contributed by atoms with van der Waals surface area (Å²) in [6.07, 6.45) is 2.35. The van der Waals surface area contributed by atoms with Crippen LogP contribution in [0.4, 0.5) is 10.1 Å². The van der Waals surface area contributed by atoms with Gasteiger partial charge in [-0.05, 0) is 25.1 Å². The van der Waals surface area contributed by atoms with Crippen molar-refractivity contribution < 1.29 is 18.7 Å². The average molecular weight is 290 g/mol. The Bertz CT molecular complexity index is 647. The van der Waals surface area contributed by atoms with E-state index >= 15 is 0 Å². The molecule has 1 aromatic heterocycles. The van der Waals surface area contributed by atoms with Crippen LogP contribution in [0.5, 0.6) is 11.5 Å². The second kappa shape index (κ2) is 6.69. The number of rotatable bonds is 5. The predicted octanol–water partition coefficient (Wildman–Crippen LogP) is 2.88. The Morgan fingerprint density at radius 3 is 2.81 bits per heavy atom. The Labute approximate surface area is 121 Å². The van der Waals surface area contributed by atoms with E-state index in [9.17, 15) is 9.18 Å². The van der Waals surface area contributed by atoms with E-state index in [0.717, 1.165) is 6.20 Å². The molecule has 2 rings (SSSR count). The minimum absolute atomic E-state index is 0.0706. The molecule has 2 aromatic rings. The smallest absolute Gasteiger partial charge is 0.258 e. The second-order valence-corrected chi connectivity index (χ2v) is 4.11. The summed E-state index contributed by atoms with van der Waals surface area (Å²) >= 11 is 0. The Kier molecular flexibility index (Phi) is 4.71. The molecule has 1 amide bonds. The third kappa shape index (κ3) is 3.47. The topological polar surface area (TPSA) is 60.5 Å². The van der Waals surface area contributed by atoms with Crippen LogP contribution >= 0.6 is 0 Å². The molecule has 0 radical (unpaired) electrons. The first-order valence-corrected chi connectivity index (χ1v) is 6.37. The maximum absolute atomic E-state index is 13.5. The first-order chi connectivity index (χ1) is 10.2. The fourth-order valence-corrected chi connectivity index (χ4v) is 1.78. The highest BCUT2D eigenvalue weighted by molar-refractivity contribution is 6.04. The quantitative estimate of drug-likeness (QED) is 0.919. The molecule has 0 aliphatic heterocycles. The maximum Gasteiger partial charge on any atom is 0.258 e. The van der Waals surface area contributed by atoms with Gasteiger partial charge in [0.25, 0.3) is 5.91 Å². The lowest BCUT2D eigenvalue weighted by Gasteiger charge is -2.12. The van der Waals surface area contributed by atoms with Crippen molar-refractivity contribution in [2.24, 2.45) is 0 Å².